The number of hydrogen-bond acceptors (Lipinski definition) is 8. The van der Waals surface area contributed by atoms with Gasteiger partial charge in [0.1, 0.15) is 5.70 Å². The molecule has 2 saturated heterocycles. The van der Waals surface area contributed by atoms with Crippen molar-refractivity contribution in [1.82, 2.24) is 9.80 Å². The number of anilines is 1. The van der Waals surface area contributed by atoms with Crippen LogP contribution < -0.4 is 11.1 Å². The number of aliphatic carboxylic acids is 1. The summed E-state index contributed by atoms with van der Waals surface area (Å²) in [5.41, 5.74) is 6.78. The largest absolute Gasteiger partial charge is 0.478 e. The van der Waals surface area contributed by atoms with Crippen LogP contribution in [0.1, 0.15) is 46.5 Å². The topological polar surface area (TPSA) is 191 Å². The minimum atomic E-state index is -1.23. The van der Waals surface area contributed by atoms with Crippen LogP contribution in [-0.2, 0) is 20.9 Å². The number of rotatable bonds is 10. The molecular formula is C30H32N4O8S. The van der Waals surface area contributed by atoms with Gasteiger partial charge in [-0.3, -0.25) is 19.3 Å². The van der Waals surface area contributed by atoms with Gasteiger partial charge < -0.3 is 31.3 Å². The third-order valence-corrected chi connectivity index (χ3v) is 9.80. The molecule has 3 amide bonds. The number of aromatic carboxylic acids is 1. The molecule has 12 nitrogen and oxygen atoms in total. The molecule has 3 heterocycles. The van der Waals surface area contributed by atoms with E-state index in [-0.39, 0.29) is 34.9 Å². The number of likely N-dealkylation sites (tertiary alicyclic amines) is 1. The number of thioether (sulfide) groups is 1. The zero-order valence-corrected chi connectivity index (χ0v) is 24.3. The number of aliphatic hydroxyl groups excluding tert-OH is 1. The zero-order chi connectivity index (χ0) is 31.2. The number of primary amides is 1. The number of hydrogen-bond donors (Lipinski definition) is 5. The van der Waals surface area contributed by atoms with E-state index < -0.39 is 47.9 Å². The summed E-state index contributed by atoms with van der Waals surface area (Å²) in [5.74, 6) is -4.79. The normalized spacial score (nSPS) is 25.7. The molecule has 0 spiro atoms. The minimum absolute atomic E-state index is 0.0166. The van der Waals surface area contributed by atoms with Gasteiger partial charge in [-0.25, -0.2) is 9.59 Å². The Hall–Kier alpha value is -4.20. The second kappa shape index (κ2) is 11.8. The van der Waals surface area contributed by atoms with Gasteiger partial charge in [0.05, 0.1) is 29.7 Å². The molecular weight excluding hydrogens is 576 g/mol. The van der Waals surface area contributed by atoms with Crippen LogP contribution in [-0.4, -0.2) is 84.8 Å². The van der Waals surface area contributed by atoms with E-state index in [1.165, 1.54) is 41.8 Å². The van der Waals surface area contributed by atoms with Crippen LogP contribution in [0.4, 0.5) is 5.69 Å². The summed E-state index contributed by atoms with van der Waals surface area (Å²) >= 11 is 1.31. The van der Waals surface area contributed by atoms with Gasteiger partial charge in [0, 0.05) is 40.4 Å². The molecule has 3 aliphatic rings. The lowest BCUT2D eigenvalue weighted by molar-refractivity contribution is -0.163. The molecule has 3 aliphatic heterocycles. The average Bonchev–Trinajstić information content (AvgIpc) is 3.45. The molecule has 5 rings (SSSR count). The van der Waals surface area contributed by atoms with E-state index in [0.717, 1.165) is 0 Å². The maximum atomic E-state index is 13.6. The lowest BCUT2D eigenvalue weighted by Crippen LogP contribution is -2.63. The highest BCUT2D eigenvalue weighted by atomic mass is 32.2. The van der Waals surface area contributed by atoms with Crippen LogP contribution >= 0.6 is 11.8 Å². The number of carboxylic acid groups (broad SMARTS) is 2. The Morgan fingerprint density at radius 2 is 1.81 bits per heavy atom. The number of aliphatic hydroxyl groups is 1. The maximum absolute atomic E-state index is 13.6. The molecule has 0 aromatic heterocycles. The molecule has 0 unspecified atom stereocenters. The predicted molar refractivity (Wildman–Crippen MR) is 157 cm³/mol. The highest BCUT2D eigenvalue weighted by Crippen LogP contribution is 2.52. The van der Waals surface area contributed by atoms with E-state index in [2.05, 4.69) is 5.32 Å². The molecule has 0 saturated carbocycles. The lowest BCUT2D eigenvalue weighted by Gasteiger charge is -2.46. The quantitative estimate of drug-likeness (QED) is 0.249. The molecule has 2 aromatic rings. The Labute approximate surface area is 251 Å². The Kier molecular flexibility index (Phi) is 8.32. The van der Waals surface area contributed by atoms with Crippen LogP contribution in [0.5, 0.6) is 0 Å². The Balaban J connectivity index is 1.43. The number of fused-ring (bicyclic) bond motifs is 1. The molecule has 43 heavy (non-hydrogen) atoms. The van der Waals surface area contributed by atoms with Crippen LogP contribution in [0.25, 0.3) is 0 Å². The van der Waals surface area contributed by atoms with Crippen LogP contribution in [0.15, 0.2) is 59.1 Å². The number of carboxylic acids is 2. The van der Waals surface area contributed by atoms with Crippen molar-refractivity contribution in [2.24, 2.45) is 17.6 Å². The molecule has 0 radical (unpaired) electrons. The number of benzene rings is 2. The number of carbonyl (C=O) groups excluding carboxylic acids is 3. The van der Waals surface area contributed by atoms with Crippen LogP contribution in [0.2, 0.25) is 0 Å². The van der Waals surface area contributed by atoms with Crippen LogP contribution in [0, 0.1) is 11.8 Å². The van der Waals surface area contributed by atoms with Gasteiger partial charge in [0.15, 0.2) is 0 Å². The second-order valence-electron chi connectivity index (χ2n) is 11.1. The van der Waals surface area contributed by atoms with Crippen molar-refractivity contribution in [3.05, 3.63) is 75.8 Å². The van der Waals surface area contributed by atoms with Gasteiger partial charge in [0.2, 0.25) is 17.7 Å². The molecule has 2 aromatic carbocycles. The Bertz CT molecular complexity index is 1540. The van der Waals surface area contributed by atoms with E-state index in [1.807, 2.05) is 11.8 Å². The summed E-state index contributed by atoms with van der Waals surface area (Å²) in [6, 6.07) is 11.5. The smallest absolute Gasteiger partial charge is 0.353 e. The van der Waals surface area contributed by atoms with Crippen molar-refractivity contribution in [3.63, 3.8) is 0 Å². The summed E-state index contributed by atoms with van der Waals surface area (Å²) in [4.78, 5) is 65.9. The summed E-state index contributed by atoms with van der Waals surface area (Å²) in [6.07, 6.45) is -0.606. The zero-order valence-electron chi connectivity index (χ0n) is 23.5. The average molecular weight is 609 g/mol. The number of nitrogens with one attached hydrogen (secondary N) is 1. The first kappa shape index (κ1) is 30.3. The first-order valence-corrected chi connectivity index (χ1v) is 14.7. The number of β-lactam (4-membered cyclic amide) rings is 1. The molecule has 0 aliphatic carbocycles. The number of nitrogens with zero attached hydrogens (tertiary/aromatic N) is 2. The van der Waals surface area contributed by atoms with E-state index in [4.69, 9.17) is 5.73 Å². The van der Waals surface area contributed by atoms with E-state index >= 15 is 0 Å². The SMILES string of the molecule is C[C@@H](O)[C@H]1C(=O)N2C(C(=O)O)=C(S[C@H]3C[C@@H](C(=O)Nc4cccc(C(=O)O)c4)N(Cc4ccccc4C(N)=O)C3)[C@H](C)[C@H]12. The first-order valence-electron chi connectivity index (χ1n) is 13.8. The van der Waals surface area contributed by atoms with Gasteiger partial charge in [0.25, 0.3) is 0 Å². The summed E-state index contributed by atoms with van der Waals surface area (Å²) in [6.45, 7) is 3.92. The second-order valence-corrected chi connectivity index (χ2v) is 12.4. The molecule has 13 heteroatoms. The third-order valence-electron chi connectivity index (χ3n) is 8.31. The molecule has 6 N–H and O–H groups in total. The monoisotopic (exact) mass is 608 g/mol. The molecule has 226 valence electrons. The summed E-state index contributed by atoms with van der Waals surface area (Å²) in [5, 5.41) is 32.1. The van der Waals surface area contributed by atoms with Crippen molar-refractivity contribution in [3.8, 4) is 0 Å². The fraction of sp³-hybridized carbons (Fsp3) is 0.367. The van der Waals surface area contributed by atoms with E-state index in [0.29, 0.717) is 34.7 Å². The van der Waals surface area contributed by atoms with Crippen molar-refractivity contribution in [2.75, 3.05) is 11.9 Å². The van der Waals surface area contributed by atoms with E-state index in [1.54, 1.807) is 30.3 Å². The van der Waals surface area contributed by atoms with Gasteiger partial charge >= 0.3 is 11.9 Å². The highest BCUT2D eigenvalue weighted by molar-refractivity contribution is 8.03. The maximum Gasteiger partial charge on any atom is 0.353 e. The third kappa shape index (κ3) is 5.63. The summed E-state index contributed by atoms with van der Waals surface area (Å²) in [7, 11) is 0. The number of amides is 3. The van der Waals surface area contributed by atoms with Crippen molar-refractivity contribution in [1.29, 1.82) is 0 Å². The van der Waals surface area contributed by atoms with Crippen molar-refractivity contribution in [2.45, 2.75) is 50.3 Å². The van der Waals surface area contributed by atoms with E-state index in [9.17, 15) is 39.3 Å². The Morgan fingerprint density at radius 1 is 1.09 bits per heavy atom. The fourth-order valence-electron chi connectivity index (χ4n) is 6.33. The van der Waals surface area contributed by atoms with Gasteiger partial charge in [-0.15, -0.1) is 11.8 Å². The van der Waals surface area contributed by atoms with Crippen molar-refractivity contribution >= 4 is 47.1 Å². The predicted octanol–water partition coefficient (Wildman–Crippen LogP) is 1.95. The molecule has 0 bridgehead atoms. The lowest BCUT2D eigenvalue weighted by atomic mass is 9.79. The van der Waals surface area contributed by atoms with Gasteiger partial charge in [-0.2, -0.15) is 0 Å². The summed E-state index contributed by atoms with van der Waals surface area (Å²) < 4.78 is 0. The number of carbonyl (C=O) groups is 5. The highest BCUT2D eigenvalue weighted by Gasteiger charge is 2.60. The number of nitrogens with two attached hydrogens (primary N) is 1. The molecule has 2 fully saturated rings. The Morgan fingerprint density at radius 3 is 2.47 bits per heavy atom. The van der Waals surface area contributed by atoms with Gasteiger partial charge in [-0.05, 0) is 43.2 Å². The standard InChI is InChI=1S/C30H32N4O8S/c1-14-23-22(15(2)35)28(38)34(23)24(30(41)42)25(14)43-19-11-21(27(37)32-18-8-5-7-16(10-18)29(39)40)33(13-19)12-17-6-3-4-9-20(17)26(31)36/h3-10,14-15,19,21-23,35H,11-13H2,1-2H3,(H2,31,36)(H,32,37)(H,39,40)(H,41,42)/t14-,15-,19+,21+,22-,23-/m1/s1. The first-order chi connectivity index (χ1) is 20.4. The van der Waals surface area contributed by atoms with Crippen molar-refractivity contribution < 1.29 is 39.3 Å². The fourth-order valence-corrected chi connectivity index (χ4v) is 7.88. The van der Waals surface area contributed by atoms with Gasteiger partial charge in [-0.1, -0.05) is 31.2 Å². The van der Waals surface area contributed by atoms with Crippen LogP contribution in [0.3, 0.4) is 0 Å². The minimum Gasteiger partial charge on any atom is -0.478 e. The molecule has 6 atom stereocenters.